The lowest BCUT2D eigenvalue weighted by atomic mass is 9.87. The van der Waals surface area contributed by atoms with Crippen molar-refractivity contribution in [1.29, 1.82) is 0 Å². The minimum Gasteiger partial charge on any atom is -0.425 e. The van der Waals surface area contributed by atoms with Crippen LogP contribution in [0, 0.1) is 10.8 Å². The number of carbonyl (C=O) groups is 3. The molecule has 182 valence electrons. The summed E-state index contributed by atoms with van der Waals surface area (Å²) >= 11 is 10.2. The van der Waals surface area contributed by atoms with Crippen molar-refractivity contribution in [1.82, 2.24) is 0 Å². The Morgan fingerprint density at radius 1 is 0.889 bits per heavy atom. The highest BCUT2D eigenvalue weighted by Gasteiger charge is 2.89. The molecule has 1 fully saturated rings. The average Bonchev–Trinajstić information content (AvgIpc) is 3.46. The summed E-state index contributed by atoms with van der Waals surface area (Å²) in [4.78, 5) is 41.5. The molecule has 1 saturated carbocycles. The minimum absolute atomic E-state index is 0.262. The van der Waals surface area contributed by atoms with E-state index >= 15 is 0 Å². The number of benzene rings is 3. The van der Waals surface area contributed by atoms with Gasteiger partial charge in [0.1, 0.15) is 11.5 Å². The molecule has 0 aromatic heterocycles. The highest BCUT2D eigenvalue weighted by Crippen LogP contribution is 2.78. The molecule has 1 aliphatic carbocycles. The van der Waals surface area contributed by atoms with Crippen LogP contribution in [0.15, 0.2) is 86.2 Å². The van der Waals surface area contributed by atoms with Gasteiger partial charge >= 0.3 is 11.9 Å². The van der Waals surface area contributed by atoms with Gasteiger partial charge < -0.3 is 9.47 Å². The van der Waals surface area contributed by atoms with Gasteiger partial charge in [-0.2, -0.15) is 0 Å². The molecule has 3 unspecified atom stereocenters. The first-order valence-electron chi connectivity index (χ1n) is 11.1. The number of Topliss-reactive ketones (excluding diaryl/α,β-unsaturated/α-hetero) is 1. The Kier molecular flexibility index (Phi) is 6.34. The van der Waals surface area contributed by atoms with Crippen molar-refractivity contribution in [3.63, 3.8) is 0 Å². The van der Waals surface area contributed by atoms with Gasteiger partial charge in [-0.15, -0.1) is 0 Å². The van der Waals surface area contributed by atoms with E-state index in [2.05, 4.69) is 47.8 Å². The van der Waals surface area contributed by atoms with Crippen molar-refractivity contribution in [2.24, 2.45) is 10.8 Å². The van der Waals surface area contributed by atoms with Crippen LogP contribution < -0.4 is 4.74 Å². The number of ketones is 1. The number of allylic oxidation sites excluding steroid dienone is 1. The third-order valence-corrected chi connectivity index (χ3v) is 8.43. The molecule has 0 amide bonds. The Morgan fingerprint density at radius 3 is 2.03 bits per heavy atom. The largest absolute Gasteiger partial charge is 0.425 e. The standard InChI is InChI=1S/C28H19Br3O5/c1-15(29)22(16-7-11-18(30)12-8-16)36-26(34)28-23(20-5-3-4-6-21(20)35-25(28)33)27(28,2)24(32)17-9-13-19(31)14-10-17/h3-14,23H,1-2H3. The van der Waals surface area contributed by atoms with Crippen molar-refractivity contribution in [3.8, 4) is 5.75 Å². The Balaban J connectivity index is 1.62. The number of fused-ring (bicyclic) bond motifs is 3. The summed E-state index contributed by atoms with van der Waals surface area (Å²) in [5.41, 5.74) is -1.55. The molecule has 1 aliphatic heterocycles. The molecule has 5 rings (SSSR count). The van der Waals surface area contributed by atoms with Crippen LogP contribution in [-0.4, -0.2) is 17.7 Å². The minimum atomic E-state index is -1.82. The molecule has 36 heavy (non-hydrogen) atoms. The van der Waals surface area contributed by atoms with Crippen molar-refractivity contribution in [3.05, 3.63) is 103 Å². The van der Waals surface area contributed by atoms with E-state index in [9.17, 15) is 14.4 Å². The molecule has 0 bridgehead atoms. The molecule has 0 radical (unpaired) electrons. The van der Waals surface area contributed by atoms with Gasteiger partial charge in [0.15, 0.2) is 11.2 Å². The first-order valence-corrected chi connectivity index (χ1v) is 13.5. The number of rotatable bonds is 5. The van der Waals surface area contributed by atoms with Crippen LogP contribution in [-0.2, 0) is 14.3 Å². The zero-order valence-electron chi connectivity index (χ0n) is 19.2. The SMILES string of the molecule is CC(Br)=C(OC(=O)C12C(=O)Oc3ccccc3C1C2(C)C(=O)c1ccc(Br)cc1)c1ccc(Br)cc1. The highest BCUT2D eigenvalue weighted by molar-refractivity contribution is 9.11. The van der Waals surface area contributed by atoms with Gasteiger partial charge in [0, 0.05) is 36.0 Å². The van der Waals surface area contributed by atoms with E-state index < -0.39 is 28.7 Å². The van der Waals surface area contributed by atoms with Crippen LogP contribution >= 0.6 is 47.8 Å². The number of hydrogen-bond donors (Lipinski definition) is 0. The van der Waals surface area contributed by atoms with Gasteiger partial charge in [0.25, 0.3) is 0 Å². The third-order valence-electron chi connectivity index (χ3n) is 7.01. The Bertz CT molecular complexity index is 1440. The zero-order valence-corrected chi connectivity index (χ0v) is 23.9. The predicted molar refractivity (Wildman–Crippen MR) is 146 cm³/mol. The lowest BCUT2D eigenvalue weighted by Gasteiger charge is -2.23. The summed E-state index contributed by atoms with van der Waals surface area (Å²) in [6.45, 7) is 3.39. The summed E-state index contributed by atoms with van der Waals surface area (Å²) in [6.07, 6.45) is 0. The molecule has 3 aromatic rings. The van der Waals surface area contributed by atoms with E-state index in [1.54, 1.807) is 74.5 Å². The second-order valence-electron chi connectivity index (χ2n) is 8.97. The number of para-hydroxylation sites is 1. The van der Waals surface area contributed by atoms with Crippen LogP contribution in [0.4, 0.5) is 0 Å². The Labute approximate surface area is 233 Å². The maximum absolute atomic E-state index is 14.0. The van der Waals surface area contributed by atoms with E-state index in [4.69, 9.17) is 9.47 Å². The fourth-order valence-corrected chi connectivity index (χ4v) is 6.05. The van der Waals surface area contributed by atoms with Gasteiger partial charge in [-0.25, -0.2) is 0 Å². The van der Waals surface area contributed by atoms with Crippen LogP contribution in [0.3, 0.4) is 0 Å². The lowest BCUT2D eigenvalue weighted by Crippen LogP contribution is -2.40. The molecule has 3 aromatic carbocycles. The molecule has 1 heterocycles. The second-order valence-corrected chi connectivity index (χ2v) is 12.0. The number of esters is 2. The van der Waals surface area contributed by atoms with E-state index in [0.29, 0.717) is 26.9 Å². The van der Waals surface area contributed by atoms with Crippen molar-refractivity contribution < 1.29 is 23.9 Å². The summed E-state index contributed by atoms with van der Waals surface area (Å²) in [6, 6.07) is 21.1. The van der Waals surface area contributed by atoms with Crippen LogP contribution in [0.1, 0.15) is 41.3 Å². The van der Waals surface area contributed by atoms with Crippen molar-refractivity contribution in [2.75, 3.05) is 0 Å². The number of carbonyl (C=O) groups excluding carboxylic acids is 3. The molecule has 0 saturated heterocycles. The third kappa shape index (κ3) is 3.64. The summed E-state index contributed by atoms with van der Waals surface area (Å²) in [5.74, 6) is -2.05. The molecule has 0 N–H and O–H groups in total. The fraction of sp³-hybridized carbons (Fsp3) is 0.179. The summed E-state index contributed by atoms with van der Waals surface area (Å²) in [5, 5.41) is 0. The quantitative estimate of drug-likeness (QED) is 0.0926. The molecule has 0 spiro atoms. The summed E-state index contributed by atoms with van der Waals surface area (Å²) in [7, 11) is 0. The van der Waals surface area contributed by atoms with Gasteiger partial charge in [-0.1, -0.05) is 90.3 Å². The van der Waals surface area contributed by atoms with E-state index in [-0.39, 0.29) is 11.5 Å². The predicted octanol–water partition coefficient (Wildman–Crippen LogP) is 7.43. The molecule has 3 atom stereocenters. The normalized spacial score (nSPS) is 24.6. The number of ether oxygens (including phenoxy) is 2. The van der Waals surface area contributed by atoms with Crippen LogP contribution in [0.2, 0.25) is 0 Å². The van der Waals surface area contributed by atoms with E-state index in [1.165, 1.54) is 0 Å². The fourth-order valence-electron chi connectivity index (χ4n) is 5.21. The van der Waals surface area contributed by atoms with Gasteiger partial charge in [0.05, 0.1) is 5.41 Å². The molecule has 8 heteroatoms. The van der Waals surface area contributed by atoms with Crippen molar-refractivity contribution in [2.45, 2.75) is 19.8 Å². The van der Waals surface area contributed by atoms with Gasteiger partial charge in [-0.05, 0) is 44.2 Å². The topological polar surface area (TPSA) is 69.7 Å². The average molecular weight is 675 g/mol. The second kappa shape index (κ2) is 9.08. The van der Waals surface area contributed by atoms with Crippen LogP contribution in [0.25, 0.3) is 5.76 Å². The summed E-state index contributed by atoms with van der Waals surface area (Å²) < 4.78 is 13.8. The van der Waals surface area contributed by atoms with E-state index in [0.717, 1.165) is 8.95 Å². The van der Waals surface area contributed by atoms with Crippen molar-refractivity contribution >= 4 is 71.3 Å². The van der Waals surface area contributed by atoms with Crippen LogP contribution in [0.5, 0.6) is 5.75 Å². The number of halogens is 3. The molecular weight excluding hydrogens is 656 g/mol. The molecular formula is C28H19Br3O5. The smallest absolute Gasteiger partial charge is 0.330 e. The lowest BCUT2D eigenvalue weighted by molar-refractivity contribution is -0.157. The zero-order chi connectivity index (χ0) is 25.8. The van der Waals surface area contributed by atoms with Gasteiger partial charge in [-0.3, -0.25) is 14.4 Å². The highest BCUT2D eigenvalue weighted by atomic mass is 79.9. The molecule has 2 aliphatic rings. The Hall–Kier alpha value is -2.55. The monoisotopic (exact) mass is 672 g/mol. The van der Waals surface area contributed by atoms with Gasteiger partial charge in [0.2, 0.25) is 0 Å². The number of hydrogen-bond acceptors (Lipinski definition) is 5. The first kappa shape index (κ1) is 25.1. The Morgan fingerprint density at radius 2 is 1.44 bits per heavy atom. The maximum atomic E-state index is 14.0. The van der Waals surface area contributed by atoms with E-state index in [1.807, 2.05) is 12.1 Å². The molecule has 5 nitrogen and oxygen atoms in total. The first-order chi connectivity index (χ1) is 17.1. The maximum Gasteiger partial charge on any atom is 0.330 e.